The third-order valence-corrected chi connectivity index (χ3v) is 2.76. The number of aromatic nitrogens is 1. The maximum Gasteiger partial charge on any atom is 0.132 e. The van der Waals surface area contributed by atoms with E-state index >= 15 is 0 Å². The maximum atomic E-state index is 8.84. The van der Waals surface area contributed by atoms with Gasteiger partial charge in [0.15, 0.2) is 0 Å². The topological polar surface area (TPSA) is 57.9 Å². The number of nitrogens with zero attached hydrogens (tertiary/aromatic N) is 2. The van der Waals surface area contributed by atoms with Crippen molar-refractivity contribution in [1.29, 1.82) is 5.26 Å². The molecular formula is C15H14ClN3O. The van der Waals surface area contributed by atoms with E-state index in [1.54, 1.807) is 6.07 Å². The summed E-state index contributed by atoms with van der Waals surface area (Å²) in [7, 11) is 0. The monoisotopic (exact) mass is 287 g/mol. The Morgan fingerprint density at radius 3 is 2.80 bits per heavy atom. The predicted octanol–water partition coefficient (Wildman–Crippen LogP) is 3.49. The van der Waals surface area contributed by atoms with Gasteiger partial charge in [0.05, 0.1) is 18.2 Å². The molecule has 0 bridgehead atoms. The van der Waals surface area contributed by atoms with Gasteiger partial charge in [0.1, 0.15) is 16.7 Å². The fourth-order valence-corrected chi connectivity index (χ4v) is 1.86. The number of rotatable bonds is 6. The van der Waals surface area contributed by atoms with Gasteiger partial charge >= 0.3 is 0 Å². The summed E-state index contributed by atoms with van der Waals surface area (Å²) in [5.74, 6) is 1.47. The van der Waals surface area contributed by atoms with Crippen LogP contribution in [-0.2, 0) is 0 Å². The quantitative estimate of drug-likeness (QED) is 0.653. The first-order valence-electron chi connectivity index (χ1n) is 6.27. The van der Waals surface area contributed by atoms with E-state index in [0.717, 1.165) is 12.2 Å². The second kappa shape index (κ2) is 7.37. The lowest BCUT2D eigenvalue weighted by Gasteiger charge is -2.08. The van der Waals surface area contributed by atoms with Crippen LogP contribution in [0, 0.1) is 11.3 Å². The van der Waals surface area contributed by atoms with Crippen molar-refractivity contribution in [1.82, 2.24) is 4.98 Å². The molecule has 4 nitrogen and oxygen atoms in total. The number of hydrogen-bond acceptors (Lipinski definition) is 4. The lowest BCUT2D eigenvalue weighted by molar-refractivity contribution is 0.315. The first-order valence-corrected chi connectivity index (χ1v) is 6.65. The minimum atomic E-state index is 0.312. The highest BCUT2D eigenvalue weighted by molar-refractivity contribution is 6.29. The Morgan fingerprint density at radius 1 is 1.25 bits per heavy atom. The van der Waals surface area contributed by atoms with Gasteiger partial charge in [-0.1, -0.05) is 29.8 Å². The molecule has 1 heterocycles. The summed E-state index contributed by atoms with van der Waals surface area (Å²) in [6, 6.07) is 14.9. The number of nitriles is 1. The number of halogens is 1. The van der Waals surface area contributed by atoms with E-state index in [-0.39, 0.29) is 0 Å². The van der Waals surface area contributed by atoms with Crippen molar-refractivity contribution < 1.29 is 4.74 Å². The molecule has 0 fully saturated rings. The Kier molecular flexibility index (Phi) is 5.22. The van der Waals surface area contributed by atoms with Crippen molar-refractivity contribution in [2.45, 2.75) is 6.42 Å². The van der Waals surface area contributed by atoms with Crippen LogP contribution in [-0.4, -0.2) is 18.1 Å². The molecule has 20 heavy (non-hydrogen) atoms. The summed E-state index contributed by atoms with van der Waals surface area (Å²) < 4.78 is 5.57. The van der Waals surface area contributed by atoms with E-state index in [1.807, 2.05) is 36.4 Å². The van der Waals surface area contributed by atoms with Crippen LogP contribution in [0.3, 0.4) is 0 Å². The third-order valence-electron chi connectivity index (χ3n) is 2.56. The maximum absolute atomic E-state index is 8.84. The second-order valence-corrected chi connectivity index (χ2v) is 4.50. The first kappa shape index (κ1) is 14.2. The number of ether oxygens (including phenoxy) is 1. The van der Waals surface area contributed by atoms with Gasteiger partial charge in [-0.05, 0) is 30.7 Å². The van der Waals surface area contributed by atoms with Crippen molar-refractivity contribution in [3.05, 3.63) is 53.2 Å². The molecule has 0 aliphatic rings. The molecule has 0 radical (unpaired) electrons. The predicted molar refractivity (Wildman–Crippen MR) is 79.0 cm³/mol. The molecule has 0 saturated heterocycles. The van der Waals surface area contributed by atoms with Crippen LogP contribution in [0.4, 0.5) is 5.82 Å². The van der Waals surface area contributed by atoms with Gasteiger partial charge in [-0.3, -0.25) is 0 Å². The van der Waals surface area contributed by atoms with Crippen LogP contribution in [0.5, 0.6) is 5.75 Å². The van der Waals surface area contributed by atoms with Crippen LogP contribution in [0.1, 0.15) is 12.0 Å². The van der Waals surface area contributed by atoms with Gasteiger partial charge in [0, 0.05) is 6.54 Å². The van der Waals surface area contributed by atoms with Gasteiger partial charge in [0.2, 0.25) is 0 Å². The average Bonchev–Trinajstić information content (AvgIpc) is 2.47. The molecule has 0 spiro atoms. The zero-order chi connectivity index (χ0) is 14.2. The largest absolute Gasteiger partial charge is 0.494 e. The molecule has 0 aliphatic heterocycles. The molecule has 2 aromatic rings. The highest BCUT2D eigenvalue weighted by atomic mass is 35.5. The lowest BCUT2D eigenvalue weighted by atomic mass is 10.3. The summed E-state index contributed by atoms with van der Waals surface area (Å²) in [5.41, 5.74) is 0.494. The third kappa shape index (κ3) is 4.45. The molecule has 1 N–H and O–H groups in total. The normalized spacial score (nSPS) is 9.80. The van der Waals surface area contributed by atoms with Crippen LogP contribution < -0.4 is 10.1 Å². The van der Waals surface area contributed by atoms with Gasteiger partial charge in [-0.25, -0.2) is 4.98 Å². The van der Waals surface area contributed by atoms with Crippen LogP contribution in [0.25, 0.3) is 0 Å². The van der Waals surface area contributed by atoms with Crippen LogP contribution in [0.2, 0.25) is 5.15 Å². The molecule has 0 atom stereocenters. The average molecular weight is 288 g/mol. The number of anilines is 1. The smallest absolute Gasteiger partial charge is 0.132 e. The zero-order valence-corrected chi connectivity index (χ0v) is 11.6. The van der Waals surface area contributed by atoms with Gasteiger partial charge in [-0.15, -0.1) is 0 Å². The Labute approximate surface area is 123 Å². The van der Waals surface area contributed by atoms with Crippen molar-refractivity contribution >= 4 is 17.4 Å². The lowest BCUT2D eigenvalue weighted by Crippen LogP contribution is -2.08. The number of hydrogen-bond donors (Lipinski definition) is 1. The summed E-state index contributed by atoms with van der Waals surface area (Å²) in [5, 5.41) is 12.3. The van der Waals surface area contributed by atoms with Crippen molar-refractivity contribution in [2.24, 2.45) is 0 Å². The van der Waals surface area contributed by atoms with Crippen molar-refractivity contribution in [2.75, 3.05) is 18.5 Å². The molecule has 0 unspecified atom stereocenters. The highest BCUT2D eigenvalue weighted by Gasteiger charge is 2.00. The summed E-state index contributed by atoms with van der Waals surface area (Å²) >= 11 is 5.82. The van der Waals surface area contributed by atoms with E-state index in [4.69, 9.17) is 21.6 Å². The standard InChI is InChI=1S/C15H14ClN3O/c16-14-9-12(11-17)10-15(19-14)18-7-4-8-20-13-5-2-1-3-6-13/h1-3,5-6,9-10H,4,7-8H2,(H,18,19). The van der Waals surface area contributed by atoms with Crippen LogP contribution >= 0.6 is 11.6 Å². The second-order valence-electron chi connectivity index (χ2n) is 4.12. The molecule has 5 heteroatoms. The Balaban J connectivity index is 1.74. The first-order chi connectivity index (χ1) is 9.78. The Morgan fingerprint density at radius 2 is 2.05 bits per heavy atom. The minimum absolute atomic E-state index is 0.312. The minimum Gasteiger partial charge on any atom is -0.494 e. The van der Waals surface area contributed by atoms with E-state index < -0.39 is 0 Å². The molecule has 102 valence electrons. The number of benzene rings is 1. The van der Waals surface area contributed by atoms with Crippen molar-refractivity contribution in [3.63, 3.8) is 0 Å². The van der Waals surface area contributed by atoms with Gasteiger partial charge < -0.3 is 10.1 Å². The SMILES string of the molecule is N#Cc1cc(Cl)nc(NCCCOc2ccccc2)c1. The molecule has 0 saturated carbocycles. The van der Waals surface area contributed by atoms with Crippen molar-refractivity contribution in [3.8, 4) is 11.8 Å². The fraction of sp³-hybridized carbons (Fsp3) is 0.200. The number of nitrogens with one attached hydrogen (secondary N) is 1. The number of pyridine rings is 1. The molecule has 0 amide bonds. The Hall–Kier alpha value is -2.25. The van der Waals surface area contributed by atoms with E-state index in [9.17, 15) is 0 Å². The van der Waals surface area contributed by atoms with Crippen LogP contribution in [0.15, 0.2) is 42.5 Å². The molecule has 1 aromatic carbocycles. The summed E-state index contributed by atoms with van der Waals surface area (Å²) in [4.78, 5) is 4.10. The zero-order valence-electron chi connectivity index (χ0n) is 10.8. The Bertz CT molecular complexity index is 596. The van der Waals surface area contributed by atoms with E-state index in [2.05, 4.69) is 10.3 Å². The molecular weight excluding hydrogens is 274 g/mol. The highest BCUT2D eigenvalue weighted by Crippen LogP contribution is 2.14. The molecule has 1 aromatic heterocycles. The molecule has 2 rings (SSSR count). The van der Waals surface area contributed by atoms with Gasteiger partial charge in [0.25, 0.3) is 0 Å². The fourth-order valence-electron chi connectivity index (χ4n) is 1.65. The summed E-state index contributed by atoms with van der Waals surface area (Å²) in [6.07, 6.45) is 0.824. The van der Waals surface area contributed by atoms with E-state index in [0.29, 0.717) is 29.7 Å². The van der Waals surface area contributed by atoms with E-state index in [1.165, 1.54) is 6.07 Å². The number of para-hydroxylation sites is 1. The molecule has 0 aliphatic carbocycles. The summed E-state index contributed by atoms with van der Waals surface area (Å²) in [6.45, 7) is 1.31. The van der Waals surface area contributed by atoms with Gasteiger partial charge in [-0.2, -0.15) is 5.26 Å².